The molecule has 1 unspecified atom stereocenters. The second-order valence-electron chi connectivity index (χ2n) is 5.34. The number of aromatic amines is 1. The molecule has 110 valence electrons. The molecule has 1 saturated heterocycles. The van der Waals surface area contributed by atoms with Gasteiger partial charge in [-0.3, -0.25) is 9.59 Å². The predicted molar refractivity (Wildman–Crippen MR) is 76.6 cm³/mol. The van der Waals surface area contributed by atoms with Crippen LogP contribution in [0, 0.1) is 13.8 Å². The Hall–Kier alpha value is -1.69. The molecule has 1 fully saturated rings. The number of aromatic nitrogens is 2. The molecule has 0 aliphatic carbocycles. The van der Waals surface area contributed by atoms with Crippen LogP contribution in [-0.2, 0) is 4.79 Å². The van der Waals surface area contributed by atoms with Crippen molar-refractivity contribution in [2.75, 3.05) is 19.6 Å². The lowest BCUT2D eigenvalue weighted by Gasteiger charge is -2.19. The summed E-state index contributed by atoms with van der Waals surface area (Å²) < 4.78 is 0. The second-order valence-corrected chi connectivity index (χ2v) is 5.34. The van der Waals surface area contributed by atoms with Crippen molar-refractivity contribution in [3.05, 3.63) is 27.4 Å². The van der Waals surface area contributed by atoms with Crippen LogP contribution in [0.5, 0.6) is 0 Å². The number of hydrogen-bond acceptors (Lipinski definition) is 4. The summed E-state index contributed by atoms with van der Waals surface area (Å²) in [6.07, 6.45) is 2.17. The maximum atomic E-state index is 12.0. The minimum atomic E-state index is -0.196. The summed E-state index contributed by atoms with van der Waals surface area (Å²) in [5, 5.41) is 3.13. The SMILES string of the molecule is Cc1nc(C)c(C(C)NCC(=O)N2CCCC2)c(=O)[nH]1. The lowest BCUT2D eigenvalue weighted by Crippen LogP contribution is -2.38. The smallest absolute Gasteiger partial charge is 0.255 e. The molecule has 2 rings (SSSR count). The van der Waals surface area contributed by atoms with Crippen LogP contribution in [0.15, 0.2) is 4.79 Å². The third-order valence-electron chi connectivity index (χ3n) is 3.72. The van der Waals surface area contributed by atoms with Crippen LogP contribution >= 0.6 is 0 Å². The maximum Gasteiger partial charge on any atom is 0.255 e. The Morgan fingerprint density at radius 1 is 1.40 bits per heavy atom. The Kier molecular flexibility index (Phi) is 4.54. The Morgan fingerprint density at radius 2 is 2.05 bits per heavy atom. The summed E-state index contributed by atoms with van der Waals surface area (Å²) in [4.78, 5) is 32.8. The Bertz CT molecular complexity index is 547. The largest absolute Gasteiger partial charge is 0.342 e. The quantitative estimate of drug-likeness (QED) is 0.848. The minimum Gasteiger partial charge on any atom is -0.342 e. The van der Waals surface area contributed by atoms with E-state index in [1.165, 1.54) is 0 Å². The van der Waals surface area contributed by atoms with Crippen molar-refractivity contribution < 1.29 is 4.79 Å². The first-order valence-electron chi connectivity index (χ1n) is 7.07. The third-order valence-corrected chi connectivity index (χ3v) is 3.72. The molecule has 0 aromatic carbocycles. The number of likely N-dealkylation sites (tertiary alicyclic amines) is 1. The van der Waals surface area contributed by atoms with Gasteiger partial charge >= 0.3 is 0 Å². The molecule has 1 atom stereocenters. The van der Waals surface area contributed by atoms with Crippen molar-refractivity contribution in [2.24, 2.45) is 0 Å². The van der Waals surface area contributed by atoms with Gasteiger partial charge in [0.1, 0.15) is 5.82 Å². The van der Waals surface area contributed by atoms with Gasteiger partial charge in [-0.05, 0) is 33.6 Å². The van der Waals surface area contributed by atoms with Crippen molar-refractivity contribution in [1.82, 2.24) is 20.2 Å². The predicted octanol–water partition coefficient (Wildman–Crippen LogP) is 0.660. The van der Waals surface area contributed by atoms with Gasteiger partial charge in [0.2, 0.25) is 5.91 Å². The average Bonchev–Trinajstić information content (AvgIpc) is 2.88. The van der Waals surface area contributed by atoms with Crippen LogP contribution in [0.2, 0.25) is 0 Å². The topological polar surface area (TPSA) is 78.1 Å². The van der Waals surface area contributed by atoms with Crippen molar-refractivity contribution >= 4 is 5.91 Å². The monoisotopic (exact) mass is 278 g/mol. The van der Waals surface area contributed by atoms with E-state index in [0.29, 0.717) is 17.1 Å². The highest BCUT2D eigenvalue weighted by Crippen LogP contribution is 2.11. The fraction of sp³-hybridized carbons (Fsp3) is 0.643. The van der Waals surface area contributed by atoms with Gasteiger partial charge in [-0.2, -0.15) is 0 Å². The van der Waals surface area contributed by atoms with Gasteiger partial charge in [0.15, 0.2) is 0 Å². The van der Waals surface area contributed by atoms with E-state index in [9.17, 15) is 9.59 Å². The highest BCUT2D eigenvalue weighted by molar-refractivity contribution is 5.78. The second kappa shape index (κ2) is 6.17. The zero-order valence-corrected chi connectivity index (χ0v) is 12.3. The molecule has 6 nitrogen and oxygen atoms in total. The van der Waals surface area contributed by atoms with E-state index in [1.807, 2.05) is 18.7 Å². The number of nitrogens with one attached hydrogen (secondary N) is 2. The molecule has 1 aromatic heterocycles. The molecule has 0 radical (unpaired) electrons. The molecule has 2 N–H and O–H groups in total. The summed E-state index contributed by atoms with van der Waals surface area (Å²) >= 11 is 0. The van der Waals surface area contributed by atoms with Gasteiger partial charge in [0.05, 0.1) is 12.1 Å². The number of H-pyrrole nitrogens is 1. The summed E-state index contributed by atoms with van der Waals surface area (Å²) in [5.74, 6) is 0.708. The van der Waals surface area contributed by atoms with E-state index in [-0.39, 0.29) is 24.1 Å². The van der Waals surface area contributed by atoms with Crippen LogP contribution in [0.25, 0.3) is 0 Å². The minimum absolute atomic E-state index is 0.100. The number of rotatable bonds is 4. The summed E-state index contributed by atoms with van der Waals surface area (Å²) in [6, 6.07) is -0.196. The first-order valence-corrected chi connectivity index (χ1v) is 7.07. The zero-order chi connectivity index (χ0) is 14.7. The van der Waals surface area contributed by atoms with Crippen molar-refractivity contribution in [2.45, 2.75) is 39.7 Å². The number of amides is 1. The molecule has 1 amide bonds. The number of carbonyl (C=O) groups excluding carboxylic acids is 1. The van der Waals surface area contributed by atoms with E-state index < -0.39 is 0 Å². The molecule has 20 heavy (non-hydrogen) atoms. The van der Waals surface area contributed by atoms with Crippen molar-refractivity contribution in [1.29, 1.82) is 0 Å². The Labute approximate surface area is 118 Å². The van der Waals surface area contributed by atoms with Crippen LogP contribution in [-0.4, -0.2) is 40.4 Å². The number of hydrogen-bond donors (Lipinski definition) is 2. The van der Waals surface area contributed by atoms with E-state index in [0.717, 1.165) is 25.9 Å². The van der Waals surface area contributed by atoms with Crippen LogP contribution in [0.1, 0.15) is 42.9 Å². The van der Waals surface area contributed by atoms with Crippen LogP contribution in [0.4, 0.5) is 0 Å². The molecule has 1 aliphatic heterocycles. The summed E-state index contributed by atoms with van der Waals surface area (Å²) in [7, 11) is 0. The summed E-state index contributed by atoms with van der Waals surface area (Å²) in [5.41, 5.74) is 1.17. The van der Waals surface area contributed by atoms with E-state index >= 15 is 0 Å². The van der Waals surface area contributed by atoms with Gasteiger partial charge in [0, 0.05) is 24.8 Å². The normalized spacial score (nSPS) is 16.4. The van der Waals surface area contributed by atoms with Gasteiger partial charge in [0.25, 0.3) is 5.56 Å². The van der Waals surface area contributed by atoms with Gasteiger partial charge in [-0.1, -0.05) is 0 Å². The third kappa shape index (κ3) is 3.25. The molecule has 0 spiro atoms. The molecular formula is C14H22N4O2. The van der Waals surface area contributed by atoms with Gasteiger partial charge in [-0.25, -0.2) is 4.98 Å². The highest BCUT2D eigenvalue weighted by Gasteiger charge is 2.20. The standard InChI is InChI=1S/C14H22N4O2/c1-9(13-10(2)16-11(3)17-14(13)20)15-8-12(19)18-6-4-5-7-18/h9,15H,4-8H2,1-3H3,(H,16,17,20). The van der Waals surface area contributed by atoms with Crippen LogP contribution in [0.3, 0.4) is 0 Å². The lowest BCUT2D eigenvalue weighted by atomic mass is 10.1. The molecule has 1 aliphatic rings. The molecule has 6 heteroatoms. The first-order chi connectivity index (χ1) is 9.49. The highest BCUT2D eigenvalue weighted by atomic mass is 16.2. The molecule has 0 bridgehead atoms. The number of nitrogens with zero attached hydrogens (tertiary/aromatic N) is 2. The van der Waals surface area contributed by atoms with Gasteiger partial charge in [-0.15, -0.1) is 0 Å². The Morgan fingerprint density at radius 3 is 2.65 bits per heavy atom. The lowest BCUT2D eigenvalue weighted by molar-refractivity contribution is -0.129. The Balaban J connectivity index is 2.00. The average molecular weight is 278 g/mol. The fourth-order valence-electron chi connectivity index (χ4n) is 2.67. The number of aryl methyl sites for hydroxylation is 2. The van der Waals surface area contributed by atoms with Crippen LogP contribution < -0.4 is 10.9 Å². The summed E-state index contributed by atoms with van der Waals surface area (Å²) in [6.45, 7) is 7.41. The fourth-order valence-corrected chi connectivity index (χ4v) is 2.67. The molecule has 1 aromatic rings. The molecular weight excluding hydrogens is 256 g/mol. The van der Waals surface area contributed by atoms with E-state index in [1.54, 1.807) is 6.92 Å². The molecule has 0 saturated carbocycles. The van der Waals surface area contributed by atoms with E-state index in [2.05, 4.69) is 15.3 Å². The maximum absolute atomic E-state index is 12.0. The molecule has 2 heterocycles. The first kappa shape index (κ1) is 14.7. The number of carbonyl (C=O) groups is 1. The van der Waals surface area contributed by atoms with Crippen molar-refractivity contribution in [3.63, 3.8) is 0 Å². The van der Waals surface area contributed by atoms with E-state index in [4.69, 9.17) is 0 Å². The van der Waals surface area contributed by atoms with Gasteiger partial charge < -0.3 is 15.2 Å². The zero-order valence-electron chi connectivity index (χ0n) is 12.3. The van der Waals surface area contributed by atoms with Crippen molar-refractivity contribution in [3.8, 4) is 0 Å².